The Kier molecular flexibility index (Phi) is 5.65. The first-order chi connectivity index (χ1) is 18.9. The number of hydrogen-bond acceptors (Lipinski definition) is 7. The van der Waals surface area contributed by atoms with Crippen LogP contribution in [0, 0.1) is 11.8 Å². The van der Waals surface area contributed by atoms with Crippen LogP contribution in [0.3, 0.4) is 0 Å². The predicted molar refractivity (Wildman–Crippen MR) is 143 cm³/mol. The minimum atomic E-state index is -0.620. The molecular formula is C27H22N10O2. The molecule has 0 fully saturated rings. The summed E-state index contributed by atoms with van der Waals surface area (Å²) >= 11 is 0. The molecular weight excluding hydrogens is 496 g/mol. The van der Waals surface area contributed by atoms with Crippen LogP contribution in [0.5, 0.6) is 0 Å². The third-order valence-corrected chi connectivity index (χ3v) is 6.19. The standard InChI is InChI=1S/C27H22N10O2/c1-17(32-26(38)24-25(28)33-22-9-6-12-30-37(22)24)21-13-23-29-15-20(11-10-18-14-31-34(2)16-18)36(23)27(39)35(21)19-7-4-3-5-8-19/h3-9,12-17H,28H2,1-2H3,(H,32,38). The lowest BCUT2D eigenvalue weighted by atomic mass is 10.2. The van der Waals surface area contributed by atoms with Crippen LogP contribution in [0.1, 0.15) is 40.4 Å². The normalized spacial score (nSPS) is 11.8. The molecule has 5 aromatic heterocycles. The number of nitrogen functional groups attached to an aromatic ring is 1. The third kappa shape index (κ3) is 4.17. The lowest BCUT2D eigenvalue weighted by Gasteiger charge is -2.20. The van der Waals surface area contributed by atoms with Gasteiger partial charge in [0.25, 0.3) is 5.91 Å². The molecule has 1 amide bonds. The Bertz CT molecular complexity index is 1990. The van der Waals surface area contributed by atoms with Gasteiger partial charge in [0, 0.05) is 25.5 Å². The van der Waals surface area contributed by atoms with Gasteiger partial charge in [-0.3, -0.25) is 14.0 Å². The lowest BCUT2D eigenvalue weighted by molar-refractivity contribution is 0.0932. The maximum absolute atomic E-state index is 13.9. The average Bonchev–Trinajstić information content (AvgIpc) is 3.63. The highest BCUT2D eigenvalue weighted by molar-refractivity contribution is 5.98. The molecule has 192 valence electrons. The fraction of sp³-hybridized carbons (Fsp3) is 0.111. The van der Waals surface area contributed by atoms with Gasteiger partial charge in [-0.1, -0.05) is 24.1 Å². The lowest BCUT2D eigenvalue weighted by Crippen LogP contribution is -2.35. The third-order valence-electron chi connectivity index (χ3n) is 6.19. The Balaban J connectivity index is 1.45. The molecule has 1 unspecified atom stereocenters. The number of nitrogens with zero attached hydrogens (tertiary/aromatic N) is 8. The fourth-order valence-electron chi connectivity index (χ4n) is 4.40. The van der Waals surface area contributed by atoms with Gasteiger partial charge in [0.15, 0.2) is 17.2 Å². The van der Waals surface area contributed by atoms with Crippen LogP contribution in [0.4, 0.5) is 5.82 Å². The maximum Gasteiger partial charge on any atom is 0.339 e. The van der Waals surface area contributed by atoms with Crippen LogP contribution >= 0.6 is 0 Å². The SMILES string of the molecule is CC(NC(=O)c1c(N)nc2cccnn12)c1cc2ncc(C#Cc3cnn(C)c3)n2c(=O)n1-c1ccccc1. The highest BCUT2D eigenvalue weighted by Crippen LogP contribution is 2.20. The average molecular weight is 519 g/mol. The number of aromatic nitrogens is 8. The van der Waals surface area contributed by atoms with Crippen LogP contribution in [-0.4, -0.2) is 44.2 Å². The smallest absolute Gasteiger partial charge is 0.339 e. The van der Waals surface area contributed by atoms with Gasteiger partial charge in [-0.15, -0.1) is 0 Å². The van der Waals surface area contributed by atoms with E-state index in [0.29, 0.717) is 33.9 Å². The Labute approximate surface area is 221 Å². The molecule has 0 aliphatic heterocycles. The summed E-state index contributed by atoms with van der Waals surface area (Å²) in [5.41, 5.74) is 8.91. The summed E-state index contributed by atoms with van der Waals surface area (Å²) in [7, 11) is 1.81. The first-order valence-electron chi connectivity index (χ1n) is 12.0. The zero-order valence-corrected chi connectivity index (χ0v) is 21.0. The van der Waals surface area contributed by atoms with E-state index in [4.69, 9.17) is 5.73 Å². The summed E-state index contributed by atoms with van der Waals surface area (Å²) in [6, 6.07) is 13.7. The van der Waals surface area contributed by atoms with Crippen molar-refractivity contribution in [3.63, 3.8) is 0 Å². The molecule has 12 nitrogen and oxygen atoms in total. The van der Waals surface area contributed by atoms with Crippen LogP contribution in [-0.2, 0) is 7.05 Å². The van der Waals surface area contributed by atoms with E-state index in [2.05, 4.69) is 37.3 Å². The number of nitrogens with two attached hydrogens (primary N) is 1. The van der Waals surface area contributed by atoms with Crippen molar-refractivity contribution in [2.45, 2.75) is 13.0 Å². The number of hydrogen-bond donors (Lipinski definition) is 2. The van der Waals surface area contributed by atoms with E-state index in [1.165, 1.54) is 13.5 Å². The second-order valence-electron chi connectivity index (χ2n) is 8.85. The number of aryl methyl sites for hydroxylation is 1. The number of imidazole rings is 2. The Morgan fingerprint density at radius 2 is 1.87 bits per heavy atom. The number of nitrogens with one attached hydrogen (secondary N) is 1. The Hall–Kier alpha value is -5.70. The van der Waals surface area contributed by atoms with Crippen molar-refractivity contribution >= 4 is 23.0 Å². The Morgan fingerprint density at radius 3 is 2.64 bits per heavy atom. The number of amides is 1. The van der Waals surface area contributed by atoms with Crippen LogP contribution in [0.2, 0.25) is 0 Å². The van der Waals surface area contributed by atoms with Gasteiger partial charge in [0.2, 0.25) is 0 Å². The largest absolute Gasteiger partial charge is 0.382 e. The van der Waals surface area contributed by atoms with E-state index < -0.39 is 11.9 Å². The van der Waals surface area contributed by atoms with Gasteiger partial charge in [-0.2, -0.15) is 10.2 Å². The Morgan fingerprint density at radius 1 is 1.05 bits per heavy atom. The summed E-state index contributed by atoms with van der Waals surface area (Å²) in [4.78, 5) is 35.9. The molecule has 1 aromatic carbocycles. The summed E-state index contributed by atoms with van der Waals surface area (Å²) < 4.78 is 6.01. The molecule has 0 bridgehead atoms. The van der Waals surface area contributed by atoms with E-state index in [0.717, 1.165) is 0 Å². The fourth-order valence-corrected chi connectivity index (χ4v) is 4.40. The molecule has 0 aliphatic carbocycles. The molecule has 3 N–H and O–H groups in total. The van der Waals surface area contributed by atoms with Gasteiger partial charge >= 0.3 is 5.69 Å². The number of fused-ring (bicyclic) bond motifs is 2. The van der Waals surface area contributed by atoms with Gasteiger partial charge < -0.3 is 11.1 Å². The van der Waals surface area contributed by atoms with Crippen molar-refractivity contribution in [2.24, 2.45) is 7.05 Å². The summed E-state index contributed by atoms with van der Waals surface area (Å²) in [6.07, 6.45) is 6.52. The minimum absolute atomic E-state index is 0.0550. The van der Waals surface area contributed by atoms with E-state index in [1.807, 2.05) is 30.3 Å². The van der Waals surface area contributed by atoms with E-state index >= 15 is 0 Å². The van der Waals surface area contributed by atoms with Gasteiger partial charge in [-0.05, 0) is 37.1 Å². The molecule has 0 saturated carbocycles. The second kappa shape index (κ2) is 9.31. The molecule has 0 aliphatic rings. The number of rotatable bonds is 4. The van der Waals surface area contributed by atoms with Crippen molar-refractivity contribution in [1.29, 1.82) is 0 Å². The quantitative estimate of drug-likeness (QED) is 0.339. The number of benzene rings is 1. The van der Waals surface area contributed by atoms with Gasteiger partial charge in [0.05, 0.1) is 35.4 Å². The predicted octanol–water partition coefficient (Wildman–Crippen LogP) is 1.73. The molecule has 1 atom stereocenters. The molecule has 5 heterocycles. The summed E-state index contributed by atoms with van der Waals surface area (Å²) in [5, 5.41) is 11.2. The van der Waals surface area contributed by atoms with E-state index in [-0.39, 0.29) is 17.2 Å². The van der Waals surface area contributed by atoms with Crippen molar-refractivity contribution in [3.8, 4) is 17.5 Å². The van der Waals surface area contributed by atoms with Crippen LogP contribution in [0.15, 0.2) is 78.1 Å². The first kappa shape index (κ1) is 23.7. The number of carbonyl (C=O) groups excluding carboxylic acids is 1. The zero-order chi connectivity index (χ0) is 27.1. The van der Waals surface area contributed by atoms with Crippen molar-refractivity contribution in [1.82, 2.24) is 43.6 Å². The molecule has 0 saturated heterocycles. The van der Waals surface area contributed by atoms with Crippen molar-refractivity contribution in [2.75, 3.05) is 5.73 Å². The van der Waals surface area contributed by atoms with Crippen LogP contribution < -0.4 is 16.7 Å². The van der Waals surface area contributed by atoms with E-state index in [1.54, 1.807) is 61.6 Å². The summed E-state index contributed by atoms with van der Waals surface area (Å²) in [6.45, 7) is 1.78. The minimum Gasteiger partial charge on any atom is -0.382 e. The number of para-hydroxylation sites is 1. The second-order valence-corrected chi connectivity index (χ2v) is 8.85. The topological polar surface area (TPSA) is 142 Å². The van der Waals surface area contributed by atoms with Crippen molar-refractivity contribution < 1.29 is 4.79 Å². The van der Waals surface area contributed by atoms with Gasteiger partial charge in [-0.25, -0.2) is 23.7 Å². The number of anilines is 1. The molecule has 0 spiro atoms. The maximum atomic E-state index is 13.9. The zero-order valence-electron chi connectivity index (χ0n) is 21.0. The first-order valence-corrected chi connectivity index (χ1v) is 12.0. The molecule has 6 aromatic rings. The highest BCUT2D eigenvalue weighted by atomic mass is 16.2. The molecule has 12 heteroatoms. The van der Waals surface area contributed by atoms with Crippen LogP contribution in [0.25, 0.3) is 17.0 Å². The number of carbonyl (C=O) groups is 1. The van der Waals surface area contributed by atoms with Gasteiger partial charge in [0.1, 0.15) is 11.3 Å². The van der Waals surface area contributed by atoms with E-state index in [9.17, 15) is 9.59 Å². The molecule has 0 radical (unpaired) electrons. The monoisotopic (exact) mass is 518 g/mol. The highest BCUT2D eigenvalue weighted by Gasteiger charge is 2.24. The summed E-state index contributed by atoms with van der Waals surface area (Å²) in [5.74, 6) is 5.62. The molecule has 39 heavy (non-hydrogen) atoms. The van der Waals surface area contributed by atoms with Crippen molar-refractivity contribution in [3.05, 3.63) is 106 Å². The molecule has 6 rings (SSSR count).